The van der Waals surface area contributed by atoms with Gasteiger partial charge in [-0.05, 0) is 31.3 Å². The zero-order valence-corrected chi connectivity index (χ0v) is 11.1. The molecule has 3 atom stereocenters. The van der Waals surface area contributed by atoms with Crippen LogP contribution >= 0.6 is 11.8 Å². The summed E-state index contributed by atoms with van der Waals surface area (Å²) in [5.74, 6) is 1.26. The van der Waals surface area contributed by atoms with Crippen LogP contribution < -0.4 is 5.73 Å². The highest BCUT2D eigenvalue weighted by molar-refractivity contribution is 7.99. The van der Waals surface area contributed by atoms with Crippen LogP contribution in [0.1, 0.15) is 33.6 Å². The van der Waals surface area contributed by atoms with Crippen LogP contribution in [0.2, 0.25) is 0 Å². The van der Waals surface area contributed by atoms with E-state index < -0.39 is 18.1 Å². The number of nitrogens with two attached hydrogens (primary N) is 1. The zero-order valence-electron chi connectivity index (χ0n) is 10.3. The molecule has 0 rings (SSSR count). The van der Waals surface area contributed by atoms with Gasteiger partial charge in [0, 0.05) is 6.04 Å². The number of thioether (sulfide) groups is 1. The van der Waals surface area contributed by atoms with Gasteiger partial charge in [-0.15, -0.1) is 0 Å². The van der Waals surface area contributed by atoms with E-state index in [0.717, 1.165) is 17.9 Å². The maximum atomic E-state index is 11.4. The van der Waals surface area contributed by atoms with Gasteiger partial charge in [0.05, 0.1) is 6.10 Å². The molecule has 96 valence electrons. The second kappa shape index (κ2) is 8.84. The lowest BCUT2D eigenvalue weighted by atomic mass is 10.1. The lowest BCUT2D eigenvalue weighted by molar-refractivity contribution is -0.159. The first-order valence-corrected chi connectivity index (χ1v) is 6.90. The van der Waals surface area contributed by atoms with Gasteiger partial charge in [-0.1, -0.05) is 13.8 Å². The van der Waals surface area contributed by atoms with Gasteiger partial charge in [0.25, 0.3) is 0 Å². The first-order valence-electron chi connectivity index (χ1n) is 5.74. The number of rotatable bonds is 8. The Kier molecular flexibility index (Phi) is 8.70. The van der Waals surface area contributed by atoms with Gasteiger partial charge in [-0.3, -0.25) is 0 Å². The van der Waals surface area contributed by atoms with E-state index in [0.29, 0.717) is 6.42 Å². The average Bonchev–Trinajstić information content (AvgIpc) is 2.27. The molecule has 0 aliphatic heterocycles. The fourth-order valence-corrected chi connectivity index (χ4v) is 1.78. The van der Waals surface area contributed by atoms with E-state index in [4.69, 9.17) is 10.5 Å². The molecule has 0 amide bonds. The smallest absolute Gasteiger partial charge is 0.336 e. The molecule has 0 bridgehead atoms. The summed E-state index contributed by atoms with van der Waals surface area (Å²) < 4.78 is 5.01. The third kappa shape index (κ3) is 6.35. The minimum Gasteiger partial charge on any atom is -0.461 e. The van der Waals surface area contributed by atoms with Crippen molar-refractivity contribution >= 4 is 17.7 Å². The molecular weight excluding hydrogens is 226 g/mol. The van der Waals surface area contributed by atoms with Crippen LogP contribution in [-0.2, 0) is 9.53 Å². The summed E-state index contributed by atoms with van der Waals surface area (Å²) in [6.45, 7) is 5.77. The van der Waals surface area contributed by atoms with Gasteiger partial charge in [0.2, 0.25) is 0 Å². The van der Waals surface area contributed by atoms with Gasteiger partial charge in [0.1, 0.15) is 0 Å². The molecule has 0 aromatic carbocycles. The second-order valence-corrected chi connectivity index (χ2v) is 5.14. The van der Waals surface area contributed by atoms with Crippen LogP contribution in [0.4, 0.5) is 0 Å². The number of esters is 1. The Bertz CT molecular complexity index is 202. The van der Waals surface area contributed by atoms with Crippen LogP contribution in [0.3, 0.4) is 0 Å². The fourth-order valence-electron chi connectivity index (χ4n) is 1.05. The third-order valence-electron chi connectivity index (χ3n) is 2.34. The molecule has 0 saturated carbocycles. The van der Waals surface area contributed by atoms with Crippen molar-refractivity contribution in [3.05, 3.63) is 0 Å². The van der Waals surface area contributed by atoms with Gasteiger partial charge in [-0.2, -0.15) is 11.8 Å². The summed E-state index contributed by atoms with van der Waals surface area (Å²) in [4.78, 5) is 11.4. The van der Waals surface area contributed by atoms with Crippen molar-refractivity contribution in [2.45, 2.75) is 51.9 Å². The summed E-state index contributed by atoms with van der Waals surface area (Å²) in [5, 5.41) is 9.62. The molecule has 0 saturated heterocycles. The average molecular weight is 249 g/mol. The van der Waals surface area contributed by atoms with Crippen molar-refractivity contribution < 1.29 is 14.6 Å². The Balaban J connectivity index is 3.91. The van der Waals surface area contributed by atoms with Crippen LogP contribution in [0.15, 0.2) is 0 Å². The van der Waals surface area contributed by atoms with Gasteiger partial charge in [-0.25, -0.2) is 4.79 Å². The van der Waals surface area contributed by atoms with Gasteiger partial charge in [0.15, 0.2) is 6.10 Å². The number of carbonyl (C=O) groups excluding carboxylic acids is 1. The Hall–Kier alpha value is -0.260. The highest BCUT2D eigenvalue weighted by Crippen LogP contribution is 2.08. The summed E-state index contributed by atoms with van der Waals surface area (Å²) in [7, 11) is 0. The maximum absolute atomic E-state index is 11.4. The van der Waals surface area contributed by atoms with Crippen LogP contribution in [0.25, 0.3) is 0 Å². The Morgan fingerprint density at radius 1 is 1.50 bits per heavy atom. The molecule has 0 heterocycles. The molecule has 2 unspecified atom stereocenters. The zero-order chi connectivity index (χ0) is 12.6. The Morgan fingerprint density at radius 3 is 2.62 bits per heavy atom. The van der Waals surface area contributed by atoms with E-state index in [1.54, 1.807) is 18.7 Å². The summed E-state index contributed by atoms with van der Waals surface area (Å²) in [6, 6.07) is -0.532. The monoisotopic (exact) mass is 249 g/mol. The summed E-state index contributed by atoms with van der Waals surface area (Å²) >= 11 is 1.74. The molecular formula is C11H23NO3S. The van der Waals surface area contributed by atoms with Crippen LogP contribution in [0.5, 0.6) is 0 Å². The van der Waals surface area contributed by atoms with Gasteiger partial charge < -0.3 is 15.6 Å². The minimum absolute atomic E-state index is 0.167. The van der Waals surface area contributed by atoms with Crippen molar-refractivity contribution in [1.82, 2.24) is 0 Å². The Labute approximate surface area is 102 Å². The van der Waals surface area contributed by atoms with Crippen molar-refractivity contribution in [1.29, 1.82) is 0 Å². The number of ether oxygens (including phenoxy) is 1. The standard InChI is InChI=1S/C11H23NO3S/c1-4-8(3)15-11(14)10(13)9(12)6-7-16-5-2/h8-10,13H,4-7,12H2,1-3H3/t8?,9-,10?/m1/s1. The molecule has 4 nitrogen and oxygen atoms in total. The predicted octanol–water partition coefficient (Wildman–Crippen LogP) is 1.16. The van der Waals surface area contributed by atoms with Crippen molar-refractivity contribution in [2.24, 2.45) is 5.73 Å². The van der Waals surface area contributed by atoms with Crippen LogP contribution in [0, 0.1) is 0 Å². The number of hydrogen-bond acceptors (Lipinski definition) is 5. The molecule has 0 fully saturated rings. The van der Waals surface area contributed by atoms with Crippen molar-refractivity contribution in [2.75, 3.05) is 11.5 Å². The van der Waals surface area contributed by atoms with Crippen molar-refractivity contribution in [3.63, 3.8) is 0 Å². The molecule has 0 aromatic heterocycles. The highest BCUT2D eigenvalue weighted by atomic mass is 32.2. The second-order valence-electron chi connectivity index (χ2n) is 3.75. The summed E-state index contributed by atoms with van der Waals surface area (Å²) in [5.41, 5.74) is 5.71. The maximum Gasteiger partial charge on any atom is 0.336 e. The van der Waals surface area contributed by atoms with E-state index in [9.17, 15) is 9.90 Å². The third-order valence-corrected chi connectivity index (χ3v) is 3.27. The lowest BCUT2D eigenvalue weighted by Crippen LogP contribution is -2.42. The molecule has 0 aromatic rings. The van der Waals surface area contributed by atoms with E-state index in [2.05, 4.69) is 6.92 Å². The first-order chi connectivity index (χ1) is 7.52. The minimum atomic E-state index is -1.20. The quantitative estimate of drug-likeness (QED) is 0.499. The normalized spacial score (nSPS) is 16.6. The molecule has 0 radical (unpaired) electrons. The number of hydrogen-bond donors (Lipinski definition) is 2. The molecule has 0 spiro atoms. The molecule has 5 heteroatoms. The van der Waals surface area contributed by atoms with E-state index in [-0.39, 0.29) is 6.10 Å². The molecule has 0 aliphatic carbocycles. The first kappa shape index (κ1) is 15.7. The fraction of sp³-hybridized carbons (Fsp3) is 0.909. The Morgan fingerprint density at radius 2 is 2.12 bits per heavy atom. The van der Waals surface area contributed by atoms with E-state index >= 15 is 0 Å². The topological polar surface area (TPSA) is 72.5 Å². The molecule has 3 N–H and O–H groups in total. The number of aliphatic hydroxyl groups is 1. The van der Waals surface area contributed by atoms with Crippen LogP contribution in [-0.4, -0.2) is 40.8 Å². The lowest BCUT2D eigenvalue weighted by Gasteiger charge is -2.19. The predicted molar refractivity (Wildman–Crippen MR) is 67.4 cm³/mol. The number of carbonyl (C=O) groups is 1. The van der Waals surface area contributed by atoms with E-state index in [1.807, 2.05) is 6.92 Å². The largest absolute Gasteiger partial charge is 0.461 e. The van der Waals surface area contributed by atoms with Crippen molar-refractivity contribution in [3.8, 4) is 0 Å². The summed E-state index contributed by atoms with van der Waals surface area (Å²) in [6.07, 6.45) is -0.0138. The van der Waals surface area contributed by atoms with Gasteiger partial charge >= 0.3 is 5.97 Å². The SMILES string of the molecule is CCSCC[C@@H](N)C(O)C(=O)OC(C)CC. The molecule has 16 heavy (non-hydrogen) atoms. The van der Waals surface area contributed by atoms with E-state index in [1.165, 1.54) is 0 Å². The highest BCUT2D eigenvalue weighted by Gasteiger charge is 2.25. The number of aliphatic hydroxyl groups excluding tert-OH is 1. The molecule has 0 aliphatic rings.